The molecule has 0 bridgehead atoms. The Bertz CT molecular complexity index is 679. The molecular weight excluding hydrogens is 204 g/mol. The van der Waals surface area contributed by atoms with Crippen molar-refractivity contribution >= 4 is 22.7 Å². The van der Waals surface area contributed by atoms with Crippen molar-refractivity contribution < 1.29 is 0 Å². The quantitative estimate of drug-likeness (QED) is 0.559. The molecule has 4 nitrogen and oxygen atoms in total. The van der Waals surface area contributed by atoms with E-state index in [1.54, 1.807) is 0 Å². The number of aryl methyl sites for hydroxylation is 2. The average molecular weight is 214 g/mol. The monoisotopic (exact) mass is 214 g/mol. The molecule has 4 heteroatoms. The Morgan fingerprint density at radius 1 is 0.875 bits per heavy atom. The highest BCUT2D eigenvalue weighted by molar-refractivity contribution is 5.94. The Morgan fingerprint density at radius 2 is 1.50 bits per heavy atom. The largest absolute Gasteiger partial charge is 0.349 e. The topological polar surface area (TPSA) is 58.2 Å². The van der Waals surface area contributed by atoms with Crippen LogP contribution in [0.25, 0.3) is 0 Å². The summed E-state index contributed by atoms with van der Waals surface area (Å²) in [6, 6.07) is 3.99. The summed E-state index contributed by atoms with van der Waals surface area (Å²) in [6.07, 6.45) is 0. The van der Waals surface area contributed by atoms with Crippen LogP contribution in [-0.4, -0.2) is 0 Å². The van der Waals surface area contributed by atoms with Crippen LogP contribution in [0.4, 0.5) is 22.7 Å². The van der Waals surface area contributed by atoms with Crippen molar-refractivity contribution in [1.29, 1.82) is 0 Å². The zero-order chi connectivity index (χ0) is 11.4. The molecule has 1 aliphatic heterocycles. The molecule has 0 saturated carbocycles. The van der Waals surface area contributed by atoms with E-state index in [1.807, 2.05) is 26.0 Å². The number of hydrogen-bond acceptors (Lipinski definition) is 4. The standard InChI is InChI=1S/C12H10N2O2/c1-5-3-6(2)8-7(4-5)13-9-10(14-8)12(16)11(9)15/h3-4,13-14H,1-2H3. The van der Waals surface area contributed by atoms with Crippen LogP contribution in [0.2, 0.25) is 0 Å². The van der Waals surface area contributed by atoms with Gasteiger partial charge in [-0.2, -0.15) is 0 Å². The number of hydrogen-bond donors (Lipinski definition) is 2. The Hall–Kier alpha value is -2.10. The number of fused-ring (bicyclic) bond motifs is 2. The number of rotatable bonds is 0. The van der Waals surface area contributed by atoms with Crippen LogP contribution in [0, 0.1) is 13.8 Å². The minimum absolute atomic E-state index is 0.391. The van der Waals surface area contributed by atoms with Crippen molar-refractivity contribution in [2.24, 2.45) is 0 Å². The average Bonchev–Trinajstić information content (AvgIpc) is 2.26. The first-order valence-corrected chi connectivity index (χ1v) is 5.06. The lowest BCUT2D eigenvalue weighted by molar-refractivity contribution is 1.28. The fraction of sp³-hybridized carbons (Fsp3) is 0.167. The van der Waals surface area contributed by atoms with Crippen molar-refractivity contribution in [2.75, 3.05) is 10.6 Å². The van der Waals surface area contributed by atoms with Crippen LogP contribution in [0.15, 0.2) is 21.7 Å². The van der Waals surface area contributed by atoms with Crippen molar-refractivity contribution in [3.05, 3.63) is 43.7 Å². The second kappa shape index (κ2) is 2.72. The Balaban J connectivity index is 2.20. The van der Waals surface area contributed by atoms with Gasteiger partial charge in [-0.25, -0.2) is 0 Å². The van der Waals surface area contributed by atoms with Gasteiger partial charge < -0.3 is 10.6 Å². The third-order valence-electron chi connectivity index (χ3n) is 2.90. The summed E-state index contributed by atoms with van der Waals surface area (Å²) in [5.41, 5.74) is 3.82. The fourth-order valence-corrected chi connectivity index (χ4v) is 2.12. The molecule has 0 saturated heterocycles. The normalized spacial score (nSPS) is 12.6. The molecule has 0 aromatic heterocycles. The first-order chi connectivity index (χ1) is 7.58. The first kappa shape index (κ1) is 9.15. The third-order valence-corrected chi connectivity index (χ3v) is 2.90. The van der Waals surface area contributed by atoms with Crippen LogP contribution >= 0.6 is 0 Å². The van der Waals surface area contributed by atoms with E-state index in [1.165, 1.54) is 0 Å². The molecular formula is C12H10N2O2. The summed E-state index contributed by atoms with van der Waals surface area (Å²) >= 11 is 0. The maximum atomic E-state index is 11.3. The molecule has 0 amide bonds. The van der Waals surface area contributed by atoms with Crippen LogP contribution in [0.1, 0.15) is 11.1 Å². The summed E-state index contributed by atoms with van der Waals surface area (Å²) in [6.45, 7) is 3.96. The van der Waals surface area contributed by atoms with E-state index in [2.05, 4.69) is 10.6 Å². The second-order valence-corrected chi connectivity index (χ2v) is 4.16. The number of benzene rings is 1. The predicted octanol–water partition coefficient (Wildman–Crippen LogP) is 1.70. The maximum Gasteiger partial charge on any atom is 0.253 e. The van der Waals surface area contributed by atoms with E-state index in [9.17, 15) is 9.59 Å². The molecule has 80 valence electrons. The Morgan fingerprint density at radius 3 is 2.19 bits per heavy atom. The molecule has 2 aromatic carbocycles. The molecule has 1 heterocycles. The molecule has 3 rings (SSSR count). The minimum Gasteiger partial charge on any atom is -0.349 e. The molecule has 0 atom stereocenters. The van der Waals surface area contributed by atoms with Gasteiger partial charge in [0, 0.05) is 0 Å². The van der Waals surface area contributed by atoms with Crippen LogP contribution in [-0.2, 0) is 0 Å². The predicted molar refractivity (Wildman–Crippen MR) is 63.8 cm³/mol. The summed E-state index contributed by atoms with van der Waals surface area (Å²) in [5, 5.41) is 6.02. The van der Waals surface area contributed by atoms with Gasteiger partial charge in [0.15, 0.2) is 0 Å². The fourth-order valence-electron chi connectivity index (χ4n) is 2.12. The second-order valence-electron chi connectivity index (χ2n) is 4.16. The van der Waals surface area contributed by atoms with E-state index in [0.717, 1.165) is 22.5 Å². The zero-order valence-electron chi connectivity index (χ0n) is 8.97. The van der Waals surface area contributed by atoms with Gasteiger partial charge in [-0.15, -0.1) is 0 Å². The highest BCUT2D eigenvalue weighted by Gasteiger charge is 2.27. The van der Waals surface area contributed by atoms with Gasteiger partial charge in [-0.3, -0.25) is 9.59 Å². The number of nitrogens with one attached hydrogen (secondary N) is 2. The Labute approximate surface area is 91.6 Å². The van der Waals surface area contributed by atoms with E-state index in [-0.39, 0.29) is 0 Å². The van der Waals surface area contributed by atoms with E-state index in [4.69, 9.17) is 0 Å². The summed E-state index contributed by atoms with van der Waals surface area (Å²) in [7, 11) is 0. The van der Waals surface area contributed by atoms with E-state index in [0.29, 0.717) is 11.4 Å². The van der Waals surface area contributed by atoms with E-state index < -0.39 is 10.9 Å². The third kappa shape index (κ3) is 0.984. The molecule has 0 aliphatic carbocycles. The van der Waals surface area contributed by atoms with Gasteiger partial charge >= 0.3 is 0 Å². The SMILES string of the molecule is Cc1cc(C)c2c(c1)Nc1c(c(=O)c1=O)N2. The van der Waals surface area contributed by atoms with Gasteiger partial charge in [0.1, 0.15) is 11.4 Å². The number of anilines is 4. The lowest BCUT2D eigenvalue weighted by Gasteiger charge is -2.25. The van der Waals surface area contributed by atoms with Crippen LogP contribution in [0.5, 0.6) is 0 Å². The van der Waals surface area contributed by atoms with Crippen molar-refractivity contribution in [3.63, 3.8) is 0 Å². The highest BCUT2D eigenvalue weighted by atomic mass is 16.2. The van der Waals surface area contributed by atoms with Crippen molar-refractivity contribution in [3.8, 4) is 0 Å². The summed E-state index contributed by atoms with van der Waals surface area (Å²) in [5.74, 6) is 0. The molecule has 2 N–H and O–H groups in total. The van der Waals surface area contributed by atoms with Gasteiger partial charge in [0.2, 0.25) is 0 Å². The van der Waals surface area contributed by atoms with Gasteiger partial charge in [0.05, 0.1) is 11.4 Å². The summed E-state index contributed by atoms with van der Waals surface area (Å²) in [4.78, 5) is 22.5. The zero-order valence-corrected chi connectivity index (χ0v) is 8.97. The molecule has 0 fully saturated rings. The minimum atomic E-state index is -0.438. The van der Waals surface area contributed by atoms with E-state index >= 15 is 0 Å². The summed E-state index contributed by atoms with van der Waals surface area (Å²) < 4.78 is 0. The van der Waals surface area contributed by atoms with Gasteiger partial charge in [-0.05, 0) is 31.0 Å². The van der Waals surface area contributed by atoms with Gasteiger partial charge in [-0.1, -0.05) is 6.07 Å². The molecule has 0 radical (unpaired) electrons. The lowest BCUT2D eigenvalue weighted by atomic mass is 10.0. The molecule has 1 aliphatic rings. The van der Waals surface area contributed by atoms with Crippen molar-refractivity contribution in [2.45, 2.75) is 13.8 Å². The molecule has 16 heavy (non-hydrogen) atoms. The van der Waals surface area contributed by atoms with Crippen LogP contribution in [0.3, 0.4) is 0 Å². The highest BCUT2D eigenvalue weighted by Crippen LogP contribution is 2.38. The first-order valence-electron chi connectivity index (χ1n) is 5.06. The maximum absolute atomic E-state index is 11.3. The van der Waals surface area contributed by atoms with Crippen LogP contribution < -0.4 is 21.5 Å². The molecule has 0 unspecified atom stereocenters. The lowest BCUT2D eigenvalue weighted by Crippen LogP contribution is -2.37. The smallest absolute Gasteiger partial charge is 0.253 e. The molecule has 2 aromatic rings. The Kier molecular flexibility index (Phi) is 1.56. The molecule has 0 spiro atoms. The van der Waals surface area contributed by atoms with Crippen molar-refractivity contribution in [1.82, 2.24) is 0 Å². The van der Waals surface area contributed by atoms with Gasteiger partial charge in [0.25, 0.3) is 10.9 Å².